The van der Waals surface area contributed by atoms with Crippen LogP contribution in [0.15, 0.2) is 10.5 Å². The van der Waals surface area contributed by atoms with E-state index in [1.807, 2.05) is 0 Å². The molecule has 100 valence electrons. The summed E-state index contributed by atoms with van der Waals surface area (Å²) in [6, 6.07) is 1.58. The van der Waals surface area contributed by atoms with Crippen LogP contribution < -0.4 is 9.47 Å². The van der Waals surface area contributed by atoms with Gasteiger partial charge in [0.1, 0.15) is 5.82 Å². The minimum Gasteiger partial charge on any atom is -0.490 e. The fraction of sp³-hybridized carbons (Fsp3) is 0.538. The fourth-order valence-electron chi connectivity index (χ4n) is 1.94. The van der Waals surface area contributed by atoms with Crippen LogP contribution in [-0.4, -0.2) is 24.9 Å². The van der Waals surface area contributed by atoms with E-state index in [4.69, 9.17) is 9.47 Å². The Morgan fingerprint density at radius 2 is 2.06 bits per heavy atom. The highest BCUT2D eigenvalue weighted by molar-refractivity contribution is 9.10. The number of fused-ring (bicyclic) bond motifs is 1. The number of hydrogen-bond acceptors (Lipinski definition) is 3. The van der Waals surface area contributed by atoms with Crippen LogP contribution in [0.25, 0.3) is 0 Å². The smallest absolute Gasteiger partial charge is 0.167 e. The summed E-state index contributed by atoms with van der Waals surface area (Å²) in [6.45, 7) is 4.40. The predicted octanol–water partition coefficient (Wildman–Crippen LogP) is 3.02. The molecule has 0 atom stereocenters. The molecular weight excluding hydrogens is 303 g/mol. The maximum atomic E-state index is 14.3. The summed E-state index contributed by atoms with van der Waals surface area (Å²) in [5, 5.41) is 9.46. The fourth-order valence-corrected chi connectivity index (χ4v) is 2.34. The van der Waals surface area contributed by atoms with Crippen LogP contribution in [0.2, 0.25) is 0 Å². The average molecular weight is 319 g/mol. The van der Waals surface area contributed by atoms with E-state index in [1.165, 1.54) is 0 Å². The van der Waals surface area contributed by atoms with Crippen LogP contribution in [0.1, 0.15) is 25.8 Å². The highest BCUT2D eigenvalue weighted by atomic mass is 79.9. The van der Waals surface area contributed by atoms with Crippen LogP contribution in [0.4, 0.5) is 4.39 Å². The molecule has 1 aromatic rings. The highest BCUT2D eigenvalue weighted by Crippen LogP contribution is 2.44. The lowest BCUT2D eigenvalue weighted by Crippen LogP contribution is -2.25. The second-order valence-electron chi connectivity index (χ2n) is 4.97. The predicted molar refractivity (Wildman–Crippen MR) is 69.8 cm³/mol. The van der Waals surface area contributed by atoms with Crippen LogP contribution in [0, 0.1) is 5.82 Å². The summed E-state index contributed by atoms with van der Waals surface area (Å²) >= 11 is 3.18. The molecule has 0 bridgehead atoms. The molecular formula is C13H16BrFO3. The molecule has 0 aromatic heterocycles. The van der Waals surface area contributed by atoms with E-state index in [-0.39, 0.29) is 6.61 Å². The zero-order valence-corrected chi connectivity index (χ0v) is 12.0. The second kappa shape index (κ2) is 5.05. The number of benzene rings is 1. The first-order valence-corrected chi connectivity index (χ1v) is 6.65. The van der Waals surface area contributed by atoms with E-state index in [0.717, 1.165) is 6.42 Å². The molecule has 0 amide bonds. The van der Waals surface area contributed by atoms with Crippen LogP contribution in [0.5, 0.6) is 11.5 Å². The maximum Gasteiger partial charge on any atom is 0.167 e. The van der Waals surface area contributed by atoms with Gasteiger partial charge >= 0.3 is 0 Å². The molecule has 5 heteroatoms. The minimum absolute atomic E-state index is 0.170. The largest absolute Gasteiger partial charge is 0.490 e. The highest BCUT2D eigenvalue weighted by Gasteiger charge is 2.32. The average Bonchev–Trinajstić information content (AvgIpc) is 2.55. The Morgan fingerprint density at radius 1 is 1.39 bits per heavy atom. The Hall–Kier alpha value is -0.810. The zero-order valence-electron chi connectivity index (χ0n) is 10.4. The Bertz CT molecular complexity index is 460. The van der Waals surface area contributed by atoms with E-state index in [2.05, 4.69) is 15.9 Å². The van der Waals surface area contributed by atoms with Gasteiger partial charge in [-0.25, -0.2) is 4.39 Å². The third kappa shape index (κ3) is 2.34. The summed E-state index contributed by atoms with van der Waals surface area (Å²) in [4.78, 5) is 0. The lowest BCUT2D eigenvalue weighted by atomic mass is 9.84. The Kier molecular flexibility index (Phi) is 3.82. The molecule has 0 saturated heterocycles. The first-order valence-electron chi connectivity index (χ1n) is 5.86. The molecule has 0 fully saturated rings. The molecule has 1 N–H and O–H groups in total. The number of ether oxygens (including phenoxy) is 2. The Morgan fingerprint density at radius 3 is 2.72 bits per heavy atom. The third-order valence-electron chi connectivity index (χ3n) is 3.00. The minimum atomic E-state index is -0.731. The first kappa shape index (κ1) is 13.6. The van der Waals surface area contributed by atoms with Gasteiger partial charge in [-0.2, -0.15) is 0 Å². The van der Waals surface area contributed by atoms with E-state index in [0.29, 0.717) is 34.7 Å². The van der Waals surface area contributed by atoms with Crippen molar-refractivity contribution < 1.29 is 19.0 Å². The van der Waals surface area contributed by atoms with Gasteiger partial charge in [-0.05, 0) is 15.9 Å². The summed E-state index contributed by atoms with van der Waals surface area (Å²) in [6.07, 6.45) is 0.757. The van der Waals surface area contributed by atoms with Crippen LogP contribution in [0.3, 0.4) is 0 Å². The SMILES string of the molecule is CC(C)(CO)c1c(F)c(Br)cc2c1OCCCO2. The topological polar surface area (TPSA) is 38.7 Å². The molecule has 1 heterocycles. The number of aliphatic hydroxyl groups is 1. The summed E-state index contributed by atoms with van der Waals surface area (Å²) < 4.78 is 25.8. The molecule has 0 radical (unpaired) electrons. The summed E-state index contributed by atoms with van der Waals surface area (Å²) in [5.41, 5.74) is -0.373. The van der Waals surface area contributed by atoms with E-state index in [9.17, 15) is 9.50 Å². The van der Waals surface area contributed by atoms with Crippen molar-refractivity contribution in [3.8, 4) is 11.5 Å². The van der Waals surface area contributed by atoms with Crippen LogP contribution >= 0.6 is 15.9 Å². The zero-order chi connectivity index (χ0) is 13.3. The monoisotopic (exact) mass is 318 g/mol. The molecule has 1 aromatic carbocycles. The van der Waals surface area contributed by atoms with Crippen LogP contribution in [-0.2, 0) is 5.41 Å². The summed E-state index contributed by atoms with van der Waals surface area (Å²) in [5.74, 6) is 0.530. The number of rotatable bonds is 2. The lowest BCUT2D eigenvalue weighted by Gasteiger charge is -2.26. The maximum absolute atomic E-state index is 14.3. The standard InChI is InChI=1S/C13H16BrFO3/c1-13(2,7-16)10-11(15)8(14)6-9-12(10)18-5-3-4-17-9/h6,16H,3-5,7H2,1-2H3. The molecule has 2 rings (SSSR count). The molecule has 18 heavy (non-hydrogen) atoms. The van der Waals surface area contributed by atoms with Gasteiger partial charge in [0.05, 0.1) is 24.3 Å². The van der Waals surface area contributed by atoms with Crippen molar-refractivity contribution in [2.75, 3.05) is 19.8 Å². The molecule has 1 aliphatic rings. The van der Waals surface area contributed by atoms with Crippen molar-refractivity contribution in [2.45, 2.75) is 25.7 Å². The van der Waals surface area contributed by atoms with Gasteiger partial charge in [-0.3, -0.25) is 0 Å². The first-order chi connectivity index (χ1) is 8.47. The van der Waals surface area contributed by atoms with Gasteiger partial charge in [-0.15, -0.1) is 0 Å². The van der Waals surface area contributed by atoms with E-state index < -0.39 is 11.2 Å². The molecule has 0 saturated carbocycles. The normalized spacial score (nSPS) is 15.4. The van der Waals surface area contributed by atoms with Gasteiger partial charge in [0, 0.05) is 23.5 Å². The van der Waals surface area contributed by atoms with Gasteiger partial charge in [-0.1, -0.05) is 13.8 Å². The van der Waals surface area contributed by atoms with Gasteiger partial charge in [0.25, 0.3) is 0 Å². The Labute approximate surface area is 114 Å². The summed E-state index contributed by atoms with van der Waals surface area (Å²) in [7, 11) is 0. The Balaban J connectivity index is 2.65. The van der Waals surface area contributed by atoms with Gasteiger partial charge in [0.2, 0.25) is 0 Å². The van der Waals surface area contributed by atoms with Crippen molar-refractivity contribution in [1.29, 1.82) is 0 Å². The third-order valence-corrected chi connectivity index (χ3v) is 3.58. The lowest BCUT2D eigenvalue weighted by molar-refractivity contribution is 0.208. The van der Waals surface area contributed by atoms with E-state index >= 15 is 0 Å². The number of halogens is 2. The number of aliphatic hydroxyl groups excluding tert-OH is 1. The van der Waals surface area contributed by atoms with Gasteiger partial charge in [0.15, 0.2) is 11.5 Å². The molecule has 1 aliphatic heterocycles. The van der Waals surface area contributed by atoms with Crippen molar-refractivity contribution in [3.05, 3.63) is 21.9 Å². The van der Waals surface area contributed by atoms with Crippen molar-refractivity contribution in [2.24, 2.45) is 0 Å². The second-order valence-corrected chi connectivity index (χ2v) is 5.82. The van der Waals surface area contributed by atoms with E-state index in [1.54, 1.807) is 19.9 Å². The number of hydrogen-bond donors (Lipinski definition) is 1. The molecule has 0 aliphatic carbocycles. The van der Waals surface area contributed by atoms with Crippen molar-refractivity contribution in [3.63, 3.8) is 0 Å². The molecule has 0 spiro atoms. The van der Waals surface area contributed by atoms with Gasteiger partial charge < -0.3 is 14.6 Å². The van der Waals surface area contributed by atoms with Crippen molar-refractivity contribution in [1.82, 2.24) is 0 Å². The van der Waals surface area contributed by atoms with Crippen molar-refractivity contribution >= 4 is 15.9 Å². The quantitative estimate of drug-likeness (QED) is 0.911. The molecule has 3 nitrogen and oxygen atoms in total. The molecule has 0 unspecified atom stereocenters.